The quantitative estimate of drug-likeness (QED) is 0.0283. The van der Waals surface area contributed by atoms with Crippen molar-refractivity contribution >= 4 is 83.0 Å². The first kappa shape index (κ1) is 61.9. The van der Waals surface area contributed by atoms with Crippen LogP contribution in [0.4, 0.5) is 0 Å². The third-order valence-corrected chi connectivity index (χ3v) is 10.8. The number of carboxylic acid groups (broad SMARTS) is 5. The normalized spacial score (nSPS) is 14.3. The Morgan fingerprint density at radius 1 is 0.465 bits per heavy atom. The lowest BCUT2D eigenvalue weighted by Gasteiger charge is -2.27. The molecule has 1 aromatic carbocycles. The van der Waals surface area contributed by atoms with E-state index in [9.17, 15) is 88.2 Å². The maximum Gasteiger partial charge on any atom is 0.326 e. The molecule has 0 spiro atoms. The molecule has 8 atom stereocenters. The van der Waals surface area contributed by atoms with Gasteiger partial charge in [-0.3, -0.25) is 52.7 Å². The zero-order valence-corrected chi connectivity index (χ0v) is 39.6. The maximum atomic E-state index is 14.1. The van der Waals surface area contributed by atoms with Crippen LogP contribution >= 0.6 is 11.8 Å². The first-order valence-electron chi connectivity index (χ1n) is 22.1. The second-order valence-corrected chi connectivity index (χ2v) is 17.0. The summed E-state index contributed by atoms with van der Waals surface area (Å²) in [6.07, 6.45) is -2.39. The molecule has 19 N–H and O–H groups in total. The minimum Gasteiger partial charge on any atom is -0.508 e. The summed E-state index contributed by atoms with van der Waals surface area (Å²) in [5.74, 6) is -16.5. The van der Waals surface area contributed by atoms with Gasteiger partial charge in [-0.25, -0.2) is 4.79 Å². The van der Waals surface area contributed by atoms with Crippen molar-refractivity contribution in [3.05, 3.63) is 29.8 Å². The monoisotopic (exact) mass is 1030 g/mol. The van der Waals surface area contributed by atoms with Crippen molar-refractivity contribution in [1.29, 1.82) is 0 Å². The Labute approximate surface area is 410 Å². The first-order chi connectivity index (χ1) is 33.4. The van der Waals surface area contributed by atoms with E-state index < -0.39 is 145 Å². The molecule has 7 amide bonds. The van der Waals surface area contributed by atoms with E-state index in [2.05, 4.69) is 26.6 Å². The number of unbranched alkanes of at least 4 members (excludes halogenated alkanes) is 2. The summed E-state index contributed by atoms with van der Waals surface area (Å²) in [5, 5.41) is 72.9. The number of carbonyl (C=O) groups is 12. The van der Waals surface area contributed by atoms with Gasteiger partial charge in [-0.15, -0.1) is 0 Å². The number of hydrogen-bond acceptors (Lipinski definition) is 17. The Balaban J connectivity index is 3.55. The molecule has 0 fully saturated rings. The molecule has 0 saturated heterocycles. The van der Waals surface area contributed by atoms with Gasteiger partial charge in [0.05, 0.1) is 31.7 Å². The van der Waals surface area contributed by atoms with Crippen molar-refractivity contribution in [2.24, 2.45) is 17.2 Å². The predicted molar refractivity (Wildman–Crippen MR) is 249 cm³/mol. The van der Waals surface area contributed by atoms with E-state index in [0.29, 0.717) is 17.7 Å². The Kier molecular flexibility index (Phi) is 28.5. The third kappa shape index (κ3) is 24.8. The Morgan fingerprint density at radius 3 is 1.15 bits per heavy atom. The van der Waals surface area contributed by atoms with E-state index in [1.54, 1.807) is 6.26 Å². The van der Waals surface area contributed by atoms with Crippen LogP contribution in [0.15, 0.2) is 24.3 Å². The fraction of sp³-hybridized carbons (Fsp3) is 0.571. The molecule has 0 aliphatic heterocycles. The van der Waals surface area contributed by atoms with Crippen LogP contribution < -0.4 is 54.4 Å². The standard InChI is InChI=1S/C42H64N10O18S/c1-71-15-12-23(45)35(62)48-27(17-31(54)55)39(66)49-26(16-21-8-10-22(53)11-9-21)37(64)46-24(6-2-4-13-43)36(63)50-29(19-33(58)59)40(67)52-30(20-34(60)61)41(68)51-28(18-32(56)57)38(65)47-25(42(69)70)7-3-5-14-44/h8-11,23-30,53H,2-7,12-20,43-45H2,1H3,(H,46,64)(H,47,65)(H,48,62)(H,49,66)(H,50,63)(H,51,68)(H,52,67)(H,54,55)(H,56,57)(H,58,59)(H,60,61)(H,69,70)/t23-,24-,25-,26-,27-,28-,29-,30-/m0/s1. The number of nitrogens with two attached hydrogens (primary N) is 3. The second kappa shape index (κ2) is 32.7. The van der Waals surface area contributed by atoms with Crippen LogP contribution in [0.1, 0.15) is 76.2 Å². The fourth-order valence-corrected chi connectivity index (χ4v) is 6.90. The van der Waals surface area contributed by atoms with Gasteiger partial charge in [0, 0.05) is 6.42 Å². The lowest BCUT2D eigenvalue weighted by atomic mass is 10.0. The number of rotatable bonds is 36. The topological polar surface area (TPSA) is 488 Å². The Bertz CT molecular complexity index is 2030. The smallest absolute Gasteiger partial charge is 0.326 e. The average molecular weight is 1030 g/mol. The number of phenols is 1. The van der Waals surface area contributed by atoms with Gasteiger partial charge in [0.1, 0.15) is 48.0 Å². The summed E-state index contributed by atoms with van der Waals surface area (Å²) in [7, 11) is 0. The molecule has 0 unspecified atom stereocenters. The number of phenolic OH excluding ortho intramolecular Hbond substituents is 1. The highest BCUT2D eigenvalue weighted by molar-refractivity contribution is 7.98. The highest BCUT2D eigenvalue weighted by Crippen LogP contribution is 2.13. The number of aromatic hydroxyl groups is 1. The van der Waals surface area contributed by atoms with Gasteiger partial charge in [-0.2, -0.15) is 11.8 Å². The second-order valence-electron chi connectivity index (χ2n) is 16.0. The molecule has 0 radical (unpaired) electrons. The van der Waals surface area contributed by atoms with Gasteiger partial charge < -0.3 is 85.1 Å². The molecular weight excluding hydrogens is 965 g/mol. The Morgan fingerprint density at radius 2 is 0.789 bits per heavy atom. The number of benzene rings is 1. The van der Waals surface area contributed by atoms with E-state index in [1.165, 1.54) is 36.0 Å². The minimum absolute atomic E-state index is 0.0977. The largest absolute Gasteiger partial charge is 0.508 e. The van der Waals surface area contributed by atoms with Crippen LogP contribution in [0.2, 0.25) is 0 Å². The summed E-state index contributed by atoms with van der Waals surface area (Å²) in [4.78, 5) is 154. The molecule has 0 aliphatic rings. The van der Waals surface area contributed by atoms with Crippen LogP contribution in [0.3, 0.4) is 0 Å². The van der Waals surface area contributed by atoms with E-state index >= 15 is 0 Å². The number of carbonyl (C=O) groups excluding carboxylic acids is 7. The van der Waals surface area contributed by atoms with E-state index in [0.717, 1.165) is 0 Å². The molecule has 396 valence electrons. The summed E-state index contributed by atoms with van der Waals surface area (Å²) in [6.45, 7) is 0.293. The summed E-state index contributed by atoms with van der Waals surface area (Å²) >= 11 is 1.38. The summed E-state index contributed by atoms with van der Waals surface area (Å²) in [5.41, 5.74) is 17.3. The zero-order chi connectivity index (χ0) is 53.8. The van der Waals surface area contributed by atoms with Crippen molar-refractivity contribution in [1.82, 2.24) is 37.2 Å². The molecule has 0 heterocycles. The molecular formula is C42H64N10O18S. The van der Waals surface area contributed by atoms with Crippen molar-refractivity contribution < 1.29 is 88.2 Å². The molecule has 0 bridgehead atoms. The predicted octanol–water partition coefficient (Wildman–Crippen LogP) is -4.35. The van der Waals surface area contributed by atoms with E-state index in [-0.39, 0.29) is 63.8 Å². The number of carboxylic acids is 5. The lowest BCUT2D eigenvalue weighted by molar-refractivity contribution is -0.145. The lowest BCUT2D eigenvalue weighted by Crippen LogP contribution is -2.61. The molecule has 0 saturated carbocycles. The van der Waals surface area contributed by atoms with Crippen molar-refractivity contribution in [2.45, 2.75) is 125 Å². The van der Waals surface area contributed by atoms with Crippen molar-refractivity contribution in [3.8, 4) is 5.75 Å². The molecule has 28 nitrogen and oxygen atoms in total. The molecule has 1 rings (SSSR count). The van der Waals surface area contributed by atoms with Crippen LogP contribution in [-0.4, -0.2) is 175 Å². The first-order valence-corrected chi connectivity index (χ1v) is 23.5. The van der Waals surface area contributed by atoms with Crippen LogP contribution in [0.5, 0.6) is 5.75 Å². The molecule has 0 aromatic heterocycles. The number of thioether (sulfide) groups is 1. The van der Waals surface area contributed by atoms with Gasteiger partial charge in [0.2, 0.25) is 41.4 Å². The highest BCUT2D eigenvalue weighted by atomic mass is 32.2. The van der Waals surface area contributed by atoms with Crippen LogP contribution in [0.25, 0.3) is 0 Å². The molecule has 29 heteroatoms. The minimum atomic E-state index is -2.18. The average Bonchev–Trinajstić information content (AvgIpc) is 3.28. The molecule has 0 aliphatic carbocycles. The van der Waals surface area contributed by atoms with Gasteiger partial charge in [-0.05, 0) is 87.7 Å². The van der Waals surface area contributed by atoms with Gasteiger partial charge in [0.25, 0.3) is 0 Å². The number of aliphatic carboxylic acids is 5. The van der Waals surface area contributed by atoms with Crippen molar-refractivity contribution in [2.75, 3.05) is 25.1 Å². The van der Waals surface area contributed by atoms with Crippen LogP contribution in [-0.2, 0) is 64.0 Å². The number of amides is 7. The van der Waals surface area contributed by atoms with Gasteiger partial charge in [0.15, 0.2) is 0 Å². The van der Waals surface area contributed by atoms with Gasteiger partial charge >= 0.3 is 29.8 Å². The fourth-order valence-electron chi connectivity index (χ4n) is 6.41. The zero-order valence-electron chi connectivity index (χ0n) is 38.8. The Hall–Kier alpha value is -7.11. The summed E-state index contributed by atoms with van der Waals surface area (Å²) < 4.78 is 0. The number of nitrogens with one attached hydrogen (secondary N) is 7. The van der Waals surface area contributed by atoms with Crippen LogP contribution in [0, 0.1) is 0 Å². The van der Waals surface area contributed by atoms with Crippen molar-refractivity contribution in [3.63, 3.8) is 0 Å². The third-order valence-electron chi connectivity index (χ3n) is 10.2. The SMILES string of the molecule is CSCC[C@H](N)C(=O)N[C@@H](CC(=O)O)C(=O)N[C@@H](Cc1ccc(O)cc1)C(=O)N[C@@H](CCCCN)C(=O)N[C@@H](CC(=O)O)C(=O)N[C@@H](CC(=O)O)C(=O)N[C@@H](CC(=O)O)C(=O)N[C@@H](CCCCN)C(=O)O. The number of hydrogen-bond donors (Lipinski definition) is 16. The van der Waals surface area contributed by atoms with Gasteiger partial charge in [-0.1, -0.05) is 12.1 Å². The van der Waals surface area contributed by atoms with E-state index in [4.69, 9.17) is 17.2 Å². The molecule has 1 aromatic rings. The highest BCUT2D eigenvalue weighted by Gasteiger charge is 2.36. The molecule has 71 heavy (non-hydrogen) atoms. The summed E-state index contributed by atoms with van der Waals surface area (Å²) in [6, 6.07) is -8.82. The maximum absolute atomic E-state index is 14.1. The van der Waals surface area contributed by atoms with E-state index in [1.807, 2.05) is 10.6 Å².